The van der Waals surface area contributed by atoms with E-state index in [4.69, 9.17) is 0 Å². The summed E-state index contributed by atoms with van der Waals surface area (Å²) in [7, 11) is 2.85. The van der Waals surface area contributed by atoms with Gasteiger partial charge in [0.15, 0.2) is 0 Å². The highest BCUT2D eigenvalue weighted by molar-refractivity contribution is 5.98. The van der Waals surface area contributed by atoms with Crippen molar-refractivity contribution in [3.63, 3.8) is 0 Å². The van der Waals surface area contributed by atoms with Crippen LogP contribution >= 0.6 is 0 Å². The van der Waals surface area contributed by atoms with Crippen molar-refractivity contribution in [1.82, 2.24) is 0 Å². The molecule has 0 heterocycles. The van der Waals surface area contributed by atoms with E-state index in [1.165, 1.54) is 26.6 Å². The van der Waals surface area contributed by atoms with Crippen molar-refractivity contribution in [2.24, 2.45) is 10.3 Å². The van der Waals surface area contributed by atoms with Gasteiger partial charge in [-0.05, 0) is 35.0 Å². The zero-order chi connectivity index (χ0) is 14.5. The maximum Gasteiger partial charge on any atom is 0.125 e. The number of phenolic OH excluding ortho intramolecular Hbond substituents is 2. The predicted octanol–water partition coefficient (Wildman–Crippen LogP) is 2.21. The molecule has 2 aromatic rings. The van der Waals surface area contributed by atoms with Gasteiger partial charge < -0.3 is 19.9 Å². The molecule has 0 saturated heterocycles. The minimum Gasteiger partial charge on any atom is -0.507 e. The third-order valence-electron chi connectivity index (χ3n) is 2.73. The van der Waals surface area contributed by atoms with E-state index < -0.39 is 0 Å². The summed E-state index contributed by atoms with van der Waals surface area (Å²) in [6.07, 6.45) is 2.81. The fourth-order valence-corrected chi connectivity index (χ4v) is 1.79. The van der Waals surface area contributed by atoms with E-state index in [2.05, 4.69) is 20.0 Å². The van der Waals surface area contributed by atoms with Crippen molar-refractivity contribution in [1.29, 1.82) is 0 Å². The number of hydrogen-bond donors (Lipinski definition) is 2. The van der Waals surface area contributed by atoms with E-state index in [0.717, 1.165) is 5.39 Å². The van der Waals surface area contributed by atoms with E-state index in [1.54, 1.807) is 24.3 Å². The van der Waals surface area contributed by atoms with Gasteiger partial charge in [-0.3, -0.25) is 0 Å². The molecule has 0 aliphatic carbocycles. The number of benzene rings is 2. The summed E-state index contributed by atoms with van der Waals surface area (Å²) < 4.78 is 0. The SMILES string of the molecule is CO/N=C/c1cc2cc(/C=N/OC)c(O)cc2cc1O. The Morgan fingerprint density at radius 3 is 1.60 bits per heavy atom. The highest BCUT2D eigenvalue weighted by Crippen LogP contribution is 2.29. The van der Waals surface area contributed by atoms with E-state index in [9.17, 15) is 10.2 Å². The molecule has 0 saturated carbocycles. The van der Waals surface area contributed by atoms with Gasteiger partial charge in [0.2, 0.25) is 0 Å². The smallest absolute Gasteiger partial charge is 0.125 e. The van der Waals surface area contributed by atoms with Gasteiger partial charge >= 0.3 is 0 Å². The molecule has 2 rings (SSSR count). The van der Waals surface area contributed by atoms with Crippen molar-refractivity contribution in [3.05, 3.63) is 35.4 Å². The molecule has 0 fully saturated rings. The summed E-state index contributed by atoms with van der Waals surface area (Å²) in [5.41, 5.74) is 1.03. The zero-order valence-corrected chi connectivity index (χ0v) is 11.1. The van der Waals surface area contributed by atoms with Crippen molar-refractivity contribution < 1.29 is 19.9 Å². The number of phenols is 2. The van der Waals surface area contributed by atoms with Gasteiger partial charge in [-0.1, -0.05) is 10.3 Å². The van der Waals surface area contributed by atoms with Crippen molar-refractivity contribution in [3.8, 4) is 11.5 Å². The lowest BCUT2D eigenvalue weighted by Crippen LogP contribution is -1.88. The second kappa shape index (κ2) is 5.92. The van der Waals surface area contributed by atoms with Crippen LogP contribution in [-0.4, -0.2) is 36.9 Å². The fourth-order valence-electron chi connectivity index (χ4n) is 1.79. The first-order valence-electron chi connectivity index (χ1n) is 5.78. The van der Waals surface area contributed by atoms with E-state index in [0.29, 0.717) is 16.5 Å². The first kappa shape index (κ1) is 13.7. The van der Waals surface area contributed by atoms with Crippen LogP contribution in [0.4, 0.5) is 0 Å². The summed E-state index contributed by atoms with van der Waals surface area (Å²) in [6.45, 7) is 0. The van der Waals surface area contributed by atoms with Gasteiger partial charge in [-0.15, -0.1) is 0 Å². The van der Waals surface area contributed by atoms with Gasteiger partial charge in [-0.2, -0.15) is 0 Å². The van der Waals surface area contributed by atoms with Crippen molar-refractivity contribution in [2.45, 2.75) is 0 Å². The molecule has 0 amide bonds. The van der Waals surface area contributed by atoms with E-state index in [-0.39, 0.29) is 11.5 Å². The molecule has 6 heteroatoms. The lowest BCUT2D eigenvalue weighted by Gasteiger charge is -2.06. The molecule has 0 atom stereocenters. The van der Waals surface area contributed by atoms with Crippen LogP contribution in [-0.2, 0) is 9.68 Å². The molecule has 2 aromatic carbocycles. The van der Waals surface area contributed by atoms with Gasteiger partial charge in [0.25, 0.3) is 0 Å². The number of hydrogen-bond acceptors (Lipinski definition) is 6. The summed E-state index contributed by atoms with van der Waals surface area (Å²) in [6, 6.07) is 6.56. The van der Waals surface area contributed by atoms with E-state index in [1.807, 2.05) is 0 Å². The molecule has 2 N–H and O–H groups in total. The molecule has 0 aromatic heterocycles. The van der Waals surface area contributed by atoms with Gasteiger partial charge in [0.1, 0.15) is 25.7 Å². The van der Waals surface area contributed by atoms with Crippen LogP contribution < -0.4 is 0 Å². The molecular formula is C14H14N2O4. The minimum absolute atomic E-state index is 0.0519. The lowest BCUT2D eigenvalue weighted by atomic mass is 10.0. The van der Waals surface area contributed by atoms with Crippen LogP contribution in [0, 0.1) is 0 Å². The highest BCUT2D eigenvalue weighted by atomic mass is 16.6. The molecule has 0 spiro atoms. The normalized spacial score (nSPS) is 11.5. The Morgan fingerprint density at radius 1 is 0.800 bits per heavy atom. The standard InChI is InChI=1S/C14H14N2O4/c1-19-15-7-11-3-9-4-12(8-16-20-2)14(18)6-10(9)5-13(11)17/h3-8,17-18H,1-2H3/b15-7+,16-8+. The molecule has 104 valence electrons. The third-order valence-corrected chi connectivity index (χ3v) is 2.73. The molecule has 0 aliphatic heterocycles. The molecule has 20 heavy (non-hydrogen) atoms. The van der Waals surface area contributed by atoms with Crippen LogP contribution in [0.25, 0.3) is 10.8 Å². The average molecular weight is 274 g/mol. The minimum atomic E-state index is 0.0519. The number of fused-ring (bicyclic) bond motifs is 1. The Bertz CT molecular complexity index is 626. The summed E-state index contributed by atoms with van der Waals surface area (Å²) in [4.78, 5) is 9.18. The second-order valence-electron chi connectivity index (χ2n) is 4.00. The molecule has 0 bridgehead atoms. The monoisotopic (exact) mass is 274 g/mol. The Morgan fingerprint density at radius 2 is 1.20 bits per heavy atom. The van der Waals surface area contributed by atoms with Gasteiger partial charge in [0.05, 0.1) is 12.4 Å². The zero-order valence-electron chi connectivity index (χ0n) is 11.1. The van der Waals surface area contributed by atoms with Gasteiger partial charge in [-0.25, -0.2) is 0 Å². The van der Waals surface area contributed by atoms with Gasteiger partial charge in [0, 0.05) is 11.1 Å². The van der Waals surface area contributed by atoms with Crippen LogP contribution in [0.2, 0.25) is 0 Å². The summed E-state index contributed by atoms with van der Waals surface area (Å²) in [5.74, 6) is 0.104. The Kier molecular flexibility index (Phi) is 4.05. The highest BCUT2D eigenvalue weighted by Gasteiger charge is 2.06. The molecule has 0 radical (unpaired) electrons. The Balaban J connectivity index is 2.56. The summed E-state index contributed by atoms with van der Waals surface area (Å²) >= 11 is 0. The number of rotatable bonds is 4. The summed E-state index contributed by atoms with van der Waals surface area (Å²) in [5, 5.41) is 28.5. The quantitative estimate of drug-likeness (QED) is 0.661. The second-order valence-corrected chi connectivity index (χ2v) is 4.00. The number of oxime groups is 2. The molecule has 0 unspecified atom stereocenters. The topological polar surface area (TPSA) is 83.6 Å². The predicted molar refractivity (Wildman–Crippen MR) is 76.5 cm³/mol. The third kappa shape index (κ3) is 2.80. The lowest BCUT2D eigenvalue weighted by molar-refractivity contribution is 0.215. The van der Waals surface area contributed by atoms with Crippen LogP contribution in [0.3, 0.4) is 0 Å². The number of aromatic hydroxyl groups is 2. The maximum absolute atomic E-state index is 9.86. The van der Waals surface area contributed by atoms with Crippen LogP contribution in [0.5, 0.6) is 11.5 Å². The first-order valence-corrected chi connectivity index (χ1v) is 5.78. The molecule has 0 aliphatic rings. The molecule has 6 nitrogen and oxygen atoms in total. The first-order chi connectivity index (χ1) is 9.65. The van der Waals surface area contributed by atoms with Crippen LogP contribution in [0.1, 0.15) is 11.1 Å². The van der Waals surface area contributed by atoms with E-state index >= 15 is 0 Å². The molecular weight excluding hydrogens is 260 g/mol. The Labute approximate surface area is 115 Å². The fraction of sp³-hybridized carbons (Fsp3) is 0.143. The van der Waals surface area contributed by atoms with Crippen molar-refractivity contribution in [2.75, 3.05) is 14.2 Å². The maximum atomic E-state index is 9.86. The number of nitrogens with zero attached hydrogens (tertiary/aromatic N) is 2. The van der Waals surface area contributed by atoms with Crippen LogP contribution in [0.15, 0.2) is 34.6 Å². The largest absolute Gasteiger partial charge is 0.507 e. The Hall–Kier alpha value is -2.76. The average Bonchev–Trinajstić information content (AvgIpc) is 2.43. The van der Waals surface area contributed by atoms with Crippen molar-refractivity contribution >= 4 is 23.2 Å².